The third-order valence-corrected chi connectivity index (χ3v) is 3.11. The smallest absolute Gasteiger partial charge is 0.336 e. The van der Waals surface area contributed by atoms with Crippen molar-refractivity contribution < 1.29 is 14.6 Å². The zero-order valence-corrected chi connectivity index (χ0v) is 10.1. The Morgan fingerprint density at radius 2 is 1.68 bits per heavy atom. The molecule has 94 valence electrons. The monoisotopic (exact) mass is 252 g/mol. The van der Waals surface area contributed by atoms with Crippen LogP contribution in [0.4, 0.5) is 0 Å². The van der Waals surface area contributed by atoms with Crippen LogP contribution >= 0.6 is 0 Å². The zero-order valence-electron chi connectivity index (χ0n) is 10.1. The number of ether oxygens (including phenoxy) is 1. The zero-order chi connectivity index (χ0) is 13.2. The summed E-state index contributed by atoms with van der Waals surface area (Å²) in [5.74, 6) is -0.326. The number of carbonyl (C=O) groups is 1. The van der Waals surface area contributed by atoms with E-state index in [1.807, 2.05) is 42.5 Å². The van der Waals surface area contributed by atoms with Crippen LogP contribution in [0.2, 0.25) is 0 Å². The van der Waals surface area contributed by atoms with Crippen molar-refractivity contribution in [3.63, 3.8) is 0 Å². The Morgan fingerprint density at radius 3 is 2.42 bits per heavy atom. The number of hydrogen-bond donors (Lipinski definition) is 1. The number of aliphatic carboxylic acids is 1. The lowest BCUT2D eigenvalue weighted by Crippen LogP contribution is -2.14. The summed E-state index contributed by atoms with van der Waals surface area (Å²) in [6.07, 6.45) is 1.29. The highest BCUT2D eigenvalue weighted by molar-refractivity contribution is 6.16. The molecule has 1 atom stereocenters. The van der Waals surface area contributed by atoms with Crippen molar-refractivity contribution in [3.05, 3.63) is 71.8 Å². The van der Waals surface area contributed by atoms with E-state index in [1.165, 1.54) is 0 Å². The molecule has 0 saturated heterocycles. The molecule has 0 aromatic heterocycles. The average Bonchev–Trinajstić information content (AvgIpc) is 2.47. The lowest BCUT2D eigenvalue weighted by Gasteiger charge is -2.24. The molecule has 3 nitrogen and oxygen atoms in total. The fraction of sp³-hybridized carbons (Fsp3) is 0.0625. The maximum atomic E-state index is 11.4. The highest BCUT2D eigenvalue weighted by Gasteiger charge is 2.25. The molecule has 0 saturated carbocycles. The van der Waals surface area contributed by atoms with E-state index in [4.69, 9.17) is 4.74 Å². The van der Waals surface area contributed by atoms with Gasteiger partial charge in [0.1, 0.15) is 11.9 Å². The van der Waals surface area contributed by atoms with Crippen molar-refractivity contribution >= 4 is 11.5 Å². The maximum Gasteiger partial charge on any atom is 0.336 e. The van der Waals surface area contributed by atoms with Crippen LogP contribution in [0.25, 0.3) is 5.57 Å². The van der Waals surface area contributed by atoms with Crippen LogP contribution < -0.4 is 4.74 Å². The Morgan fingerprint density at radius 1 is 1.00 bits per heavy atom. The lowest BCUT2D eigenvalue weighted by atomic mass is 9.97. The van der Waals surface area contributed by atoms with Gasteiger partial charge in [0.25, 0.3) is 0 Å². The summed E-state index contributed by atoms with van der Waals surface area (Å²) in [7, 11) is 0. The van der Waals surface area contributed by atoms with Crippen LogP contribution in [0.5, 0.6) is 5.75 Å². The molecular formula is C16H12O3. The van der Waals surface area contributed by atoms with Crippen molar-refractivity contribution in [2.45, 2.75) is 6.10 Å². The number of rotatable bonds is 2. The van der Waals surface area contributed by atoms with Crippen LogP contribution in [0.1, 0.15) is 17.2 Å². The highest BCUT2D eigenvalue weighted by Crippen LogP contribution is 2.37. The first-order valence-corrected chi connectivity index (χ1v) is 6.02. The predicted octanol–water partition coefficient (Wildman–Crippen LogP) is 3.29. The third-order valence-electron chi connectivity index (χ3n) is 3.11. The van der Waals surface area contributed by atoms with Gasteiger partial charge in [-0.2, -0.15) is 0 Å². The van der Waals surface area contributed by atoms with Crippen LogP contribution in [0.3, 0.4) is 0 Å². The minimum atomic E-state index is -0.934. The Hall–Kier alpha value is -2.55. The third kappa shape index (κ3) is 2.10. The first-order chi connectivity index (χ1) is 9.25. The van der Waals surface area contributed by atoms with Gasteiger partial charge in [-0.05, 0) is 17.7 Å². The minimum absolute atomic E-state index is 0.288. The quantitative estimate of drug-likeness (QED) is 0.892. The number of para-hydroxylation sites is 1. The SMILES string of the molecule is O=C(O)C1=CC(c2ccccc2)Oc2ccccc21. The van der Waals surface area contributed by atoms with E-state index < -0.39 is 5.97 Å². The summed E-state index contributed by atoms with van der Waals surface area (Å²) in [6, 6.07) is 16.8. The second kappa shape index (κ2) is 4.61. The summed E-state index contributed by atoms with van der Waals surface area (Å²) in [5.41, 5.74) is 1.86. The van der Waals surface area contributed by atoms with E-state index in [2.05, 4.69) is 0 Å². The molecule has 0 bridgehead atoms. The highest BCUT2D eigenvalue weighted by atomic mass is 16.5. The van der Waals surface area contributed by atoms with Crippen LogP contribution in [0.15, 0.2) is 60.7 Å². The van der Waals surface area contributed by atoms with Gasteiger partial charge in [-0.15, -0.1) is 0 Å². The minimum Gasteiger partial charge on any atom is -0.481 e. The van der Waals surface area contributed by atoms with Gasteiger partial charge in [-0.3, -0.25) is 0 Å². The average molecular weight is 252 g/mol. The Labute approximate surface area is 110 Å². The van der Waals surface area contributed by atoms with Crippen LogP contribution in [-0.2, 0) is 4.79 Å². The molecule has 2 aromatic rings. The maximum absolute atomic E-state index is 11.4. The largest absolute Gasteiger partial charge is 0.481 e. The standard InChI is InChI=1S/C16H12O3/c17-16(18)13-10-15(11-6-2-1-3-7-11)19-14-9-5-4-8-12(13)14/h1-10,15H,(H,17,18). The molecule has 1 N–H and O–H groups in total. The topological polar surface area (TPSA) is 46.5 Å². The van der Waals surface area contributed by atoms with Crippen molar-refractivity contribution in [1.29, 1.82) is 0 Å². The fourth-order valence-electron chi connectivity index (χ4n) is 2.20. The molecule has 19 heavy (non-hydrogen) atoms. The molecule has 2 aromatic carbocycles. The van der Waals surface area contributed by atoms with E-state index in [0.717, 1.165) is 5.56 Å². The van der Waals surface area contributed by atoms with Gasteiger partial charge in [0.05, 0.1) is 5.57 Å². The van der Waals surface area contributed by atoms with Crippen molar-refractivity contribution in [2.75, 3.05) is 0 Å². The Bertz CT molecular complexity index is 644. The van der Waals surface area contributed by atoms with E-state index in [-0.39, 0.29) is 11.7 Å². The summed E-state index contributed by atoms with van der Waals surface area (Å²) >= 11 is 0. The Kier molecular flexibility index (Phi) is 2.80. The van der Waals surface area contributed by atoms with E-state index in [0.29, 0.717) is 11.3 Å². The van der Waals surface area contributed by atoms with Gasteiger partial charge in [-0.1, -0.05) is 48.5 Å². The van der Waals surface area contributed by atoms with Crippen molar-refractivity contribution in [2.24, 2.45) is 0 Å². The van der Waals surface area contributed by atoms with Crippen LogP contribution in [0, 0.1) is 0 Å². The van der Waals surface area contributed by atoms with Gasteiger partial charge in [-0.25, -0.2) is 4.79 Å². The molecular weight excluding hydrogens is 240 g/mol. The summed E-state index contributed by atoms with van der Waals surface area (Å²) in [4.78, 5) is 11.4. The molecule has 0 fully saturated rings. The van der Waals surface area contributed by atoms with Gasteiger partial charge >= 0.3 is 5.97 Å². The molecule has 1 heterocycles. The van der Waals surface area contributed by atoms with E-state index >= 15 is 0 Å². The normalized spacial score (nSPS) is 17.1. The molecule has 0 aliphatic carbocycles. The summed E-state index contributed by atoms with van der Waals surface area (Å²) in [5, 5.41) is 9.33. The molecule has 1 aliphatic heterocycles. The molecule has 3 heteroatoms. The van der Waals surface area contributed by atoms with E-state index in [9.17, 15) is 9.90 Å². The van der Waals surface area contributed by atoms with Crippen molar-refractivity contribution in [3.8, 4) is 5.75 Å². The number of fused-ring (bicyclic) bond motifs is 1. The first kappa shape index (κ1) is 11.5. The molecule has 0 radical (unpaired) electrons. The van der Waals surface area contributed by atoms with Crippen LogP contribution in [-0.4, -0.2) is 11.1 Å². The fourth-order valence-corrected chi connectivity index (χ4v) is 2.20. The second-order valence-electron chi connectivity index (χ2n) is 4.33. The second-order valence-corrected chi connectivity index (χ2v) is 4.33. The summed E-state index contributed by atoms with van der Waals surface area (Å²) in [6.45, 7) is 0. The van der Waals surface area contributed by atoms with Crippen molar-refractivity contribution in [1.82, 2.24) is 0 Å². The Balaban J connectivity index is 2.09. The number of carboxylic acids is 1. The first-order valence-electron chi connectivity index (χ1n) is 6.02. The predicted molar refractivity (Wildman–Crippen MR) is 71.9 cm³/mol. The number of carboxylic acid groups (broad SMARTS) is 1. The van der Waals surface area contributed by atoms with Gasteiger partial charge in [0, 0.05) is 5.56 Å². The summed E-state index contributed by atoms with van der Waals surface area (Å²) < 4.78 is 5.86. The number of hydrogen-bond acceptors (Lipinski definition) is 2. The van der Waals surface area contributed by atoms with Gasteiger partial charge in [0.2, 0.25) is 0 Å². The lowest BCUT2D eigenvalue weighted by molar-refractivity contribution is -0.130. The van der Waals surface area contributed by atoms with Gasteiger partial charge < -0.3 is 9.84 Å². The molecule has 1 unspecified atom stereocenters. The molecule has 1 aliphatic rings. The van der Waals surface area contributed by atoms with E-state index in [1.54, 1.807) is 18.2 Å². The molecule has 0 amide bonds. The number of benzene rings is 2. The molecule has 0 spiro atoms. The molecule has 3 rings (SSSR count). The van der Waals surface area contributed by atoms with Gasteiger partial charge in [0.15, 0.2) is 0 Å².